The van der Waals surface area contributed by atoms with Crippen LogP contribution in [-0.4, -0.2) is 16.3 Å². The van der Waals surface area contributed by atoms with Crippen molar-refractivity contribution in [3.05, 3.63) is 40.4 Å². The first kappa shape index (κ1) is 13.5. The molecule has 0 unspecified atom stereocenters. The van der Waals surface area contributed by atoms with Crippen LogP contribution < -0.4 is 14.8 Å². The highest BCUT2D eigenvalue weighted by molar-refractivity contribution is 9.10. The third-order valence-electron chi connectivity index (χ3n) is 3.35. The summed E-state index contributed by atoms with van der Waals surface area (Å²) in [5, 5.41) is 3.46. The average molecular weight is 338 g/mol. The summed E-state index contributed by atoms with van der Waals surface area (Å²) in [7, 11) is 2.00. The van der Waals surface area contributed by atoms with Crippen molar-refractivity contribution in [1.29, 1.82) is 0 Å². The molecule has 2 heterocycles. The maximum atomic E-state index is 5.42. The van der Waals surface area contributed by atoms with Crippen LogP contribution in [0.2, 0.25) is 0 Å². The summed E-state index contributed by atoms with van der Waals surface area (Å²) in [5.74, 6) is 2.59. The highest BCUT2D eigenvalue weighted by Crippen LogP contribution is 2.40. The Morgan fingerprint density at radius 3 is 3.05 bits per heavy atom. The summed E-state index contributed by atoms with van der Waals surface area (Å²) in [6.07, 6.45) is 3.76. The lowest BCUT2D eigenvalue weighted by Gasteiger charge is -2.14. The van der Waals surface area contributed by atoms with E-state index in [0.29, 0.717) is 0 Å². The van der Waals surface area contributed by atoms with Crippen LogP contribution in [0.4, 0.5) is 0 Å². The minimum Gasteiger partial charge on any atom is -0.454 e. The van der Waals surface area contributed by atoms with E-state index >= 15 is 0 Å². The predicted octanol–water partition coefficient (Wildman–Crippen LogP) is 2.76. The number of rotatable bonds is 4. The summed E-state index contributed by atoms with van der Waals surface area (Å²) >= 11 is 3.51. The van der Waals surface area contributed by atoms with Gasteiger partial charge in [-0.2, -0.15) is 0 Å². The molecule has 1 atom stereocenters. The first-order chi connectivity index (χ1) is 9.65. The number of nitrogens with zero attached hydrogens (tertiary/aromatic N) is 2. The van der Waals surface area contributed by atoms with Crippen molar-refractivity contribution in [2.45, 2.75) is 19.5 Å². The molecule has 0 fully saturated rings. The fourth-order valence-electron chi connectivity index (χ4n) is 2.28. The molecule has 0 aliphatic carbocycles. The number of nitrogens with one attached hydrogen (secondary N) is 1. The number of imidazole rings is 1. The lowest BCUT2D eigenvalue weighted by Crippen LogP contribution is -2.21. The minimum absolute atomic E-state index is 0.180. The molecule has 2 aromatic rings. The van der Waals surface area contributed by atoms with E-state index in [9.17, 15) is 0 Å². The highest BCUT2D eigenvalue weighted by Gasteiger charge is 2.18. The summed E-state index contributed by atoms with van der Waals surface area (Å²) < 4.78 is 13.7. The van der Waals surface area contributed by atoms with Crippen molar-refractivity contribution in [1.82, 2.24) is 14.9 Å². The first-order valence-electron chi connectivity index (χ1n) is 6.44. The Morgan fingerprint density at radius 2 is 2.30 bits per heavy atom. The fourth-order valence-corrected chi connectivity index (χ4v) is 2.88. The smallest absolute Gasteiger partial charge is 0.231 e. The monoisotopic (exact) mass is 337 g/mol. The molecule has 0 bridgehead atoms. The summed E-state index contributed by atoms with van der Waals surface area (Å²) in [5.41, 5.74) is 1.14. The summed E-state index contributed by atoms with van der Waals surface area (Å²) in [4.78, 5) is 4.35. The summed E-state index contributed by atoms with van der Waals surface area (Å²) in [6, 6.07) is 4.23. The molecule has 106 valence electrons. The number of aromatic nitrogens is 2. The van der Waals surface area contributed by atoms with Crippen molar-refractivity contribution in [3.8, 4) is 11.5 Å². The molecule has 0 amide bonds. The maximum Gasteiger partial charge on any atom is 0.231 e. The number of hydrogen-bond acceptors (Lipinski definition) is 4. The van der Waals surface area contributed by atoms with Gasteiger partial charge in [0.25, 0.3) is 0 Å². The van der Waals surface area contributed by atoms with Gasteiger partial charge in [-0.3, -0.25) is 0 Å². The Hall–Kier alpha value is -1.53. The van der Waals surface area contributed by atoms with Gasteiger partial charge in [-0.1, -0.05) is 0 Å². The molecule has 1 N–H and O–H groups in total. The van der Waals surface area contributed by atoms with Gasteiger partial charge in [-0.15, -0.1) is 0 Å². The summed E-state index contributed by atoms with van der Waals surface area (Å²) in [6.45, 7) is 3.13. The molecule has 20 heavy (non-hydrogen) atoms. The lowest BCUT2D eigenvalue weighted by molar-refractivity contribution is 0.173. The number of benzene rings is 1. The van der Waals surface area contributed by atoms with Crippen molar-refractivity contribution in [2.75, 3.05) is 6.79 Å². The Morgan fingerprint density at radius 1 is 1.45 bits per heavy atom. The zero-order chi connectivity index (χ0) is 14.1. The molecule has 6 heteroatoms. The average Bonchev–Trinajstić information content (AvgIpc) is 3.04. The van der Waals surface area contributed by atoms with Crippen LogP contribution >= 0.6 is 15.9 Å². The molecular formula is C14H16BrN3O2. The van der Waals surface area contributed by atoms with E-state index in [1.807, 2.05) is 36.1 Å². The van der Waals surface area contributed by atoms with E-state index in [4.69, 9.17) is 9.47 Å². The first-order valence-corrected chi connectivity index (χ1v) is 7.23. The van der Waals surface area contributed by atoms with Crippen LogP contribution in [0, 0.1) is 0 Å². The molecule has 5 nitrogen and oxygen atoms in total. The number of hydrogen-bond donors (Lipinski definition) is 1. The van der Waals surface area contributed by atoms with Crippen molar-refractivity contribution < 1.29 is 9.47 Å². The van der Waals surface area contributed by atoms with Gasteiger partial charge in [-0.05, 0) is 40.5 Å². The predicted molar refractivity (Wildman–Crippen MR) is 78.7 cm³/mol. The molecule has 0 saturated carbocycles. The van der Waals surface area contributed by atoms with Crippen molar-refractivity contribution >= 4 is 15.9 Å². The molecule has 1 aromatic heterocycles. The molecule has 0 radical (unpaired) electrons. The van der Waals surface area contributed by atoms with Crippen LogP contribution in [0.1, 0.15) is 24.4 Å². The number of halogens is 1. The molecule has 3 rings (SSSR count). The van der Waals surface area contributed by atoms with Gasteiger partial charge < -0.3 is 19.4 Å². The third-order valence-corrected chi connectivity index (χ3v) is 3.93. The normalized spacial score (nSPS) is 14.6. The van der Waals surface area contributed by atoms with E-state index in [0.717, 1.165) is 33.9 Å². The van der Waals surface area contributed by atoms with Crippen LogP contribution in [0.15, 0.2) is 29.0 Å². The van der Waals surface area contributed by atoms with Gasteiger partial charge in [0, 0.05) is 26.0 Å². The third kappa shape index (κ3) is 2.53. The Balaban J connectivity index is 1.70. The Kier molecular flexibility index (Phi) is 3.67. The number of fused-ring (bicyclic) bond motifs is 1. The van der Waals surface area contributed by atoms with E-state index in [1.54, 1.807) is 0 Å². The second-order valence-electron chi connectivity index (χ2n) is 4.81. The quantitative estimate of drug-likeness (QED) is 0.931. The zero-order valence-electron chi connectivity index (χ0n) is 11.4. The van der Waals surface area contributed by atoms with Crippen molar-refractivity contribution in [2.24, 2.45) is 7.05 Å². The standard InChI is InChI=1S/C14H16BrN3O2/c1-9(14-16-3-4-18(14)2)17-7-10-5-11(15)13-12(6-10)19-8-20-13/h3-6,9,17H,7-8H2,1-2H3/t9-/m0/s1. The van der Waals surface area contributed by atoms with Gasteiger partial charge in [0.1, 0.15) is 5.82 Å². The molecule has 0 spiro atoms. The van der Waals surface area contributed by atoms with Crippen molar-refractivity contribution in [3.63, 3.8) is 0 Å². The van der Waals surface area contributed by atoms with Gasteiger partial charge in [-0.25, -0.2) is 4.98 Å². The number of aryl methyl sites for hydroxylation is 1. The number of ether oxygens (including phenoxy) is 2. The molecule has 1 aromatic carbocycles. The molecule has 1 aliphatic heterocycles. The van der Waals surface area contributed by atoms with Gasteiger partial charge in [0.2, 0.25) is 6.79 Å². The van der Waals surface area contributed by atoms with Gasteiger partial charge in [0.05, 0.1) is 10.5 Å². The fraction of sp³-hybridized carbons (Fsp3) is 0.357. The lowest BCUT2D eigenvalue weighted by atomic mass is 10.2. The maximum absolute atomic E-state index is 5.42. The topological polar surface area (TPSA) is 48.3 Å². The van der Waals surface area contributed by atoms with E-state index in [2.05, 4.69) is 33.2 Å². The van der Waals surface area contributed by atoms with Gasteiger partial charge in [0.15, 0.2) is 11.5 Å². The molecular weight excluding hydrogens is 322 g/mol. The molecule has 0 saturated heterocycles. The van der Waals surface area contributed by atoms with Crippen LogP contribution in [0.3, 0.4) is 0 Å². The SMILES string of the molecule is C[C@H](NCc1cc(Br)c2c(c1)OCO2)c1nccn1C. The molecule has 1 aliphatic rings. The van der Waals surface area contributed by atoms with E-state index in [1.165, 1.54) is 0 Å². The second-order valence-corrected chi connectivity index (χ2v) is 5.66. The van der Waals surface area contributed by atoms with Gasteiger partial charge >= 0.3 is 0 Å². The highest BCUT2D eigenvalue weighted by atomic mass is 79.9. The van der Waals surface area contributed by atoms with Crippen LogP contribution in [0.25, 0.3) is 0 Å². The Labute approximate surface area is 126 Å². The van der Waals surface area contributed by atoms with E-state index in [-0.39, 0.29) is 12.8 Å². The minimum atomic E-state index is 0.180. The zero-order valence-corrected chi connectivity index (χ0v) is 13.0. The Bertz CT molecular complexity index is 627. The van der Waals surface area contributed by atoms with Crippen LogP contribution in [0.5, 0.6) is 11.5 Å². The second kappa shape index (κ2) is 5.46. The van der Waals surface area contributed by atoms with E-state index < -0.39 is 0 Å². The largest absolute Gasteiger partial charge is 0.454 e. The van der Waals surface area contributed by atoms with Crippen LogP contribution in [-0.2, 0) is 13.6 Å².